The number of piperidine rings is 1. The first-order valence-corrected chi connectivity index (χ1v) is 14.2. The molecule has 33 heavy (non-hydrogen) atoms. The van der Waals surface area contributed by atoms with Gasteiger partial charge in [0.1, 0.15) is 0 Å². The van der Waals surface area contributed by atoms with E-state index >= 15 is 0 Å². The van der Waals surface area contributed by atoms with Crippen molar-refractivity contribution in [2.24, 2.45) is 5.92 Å². The molecule has 8 heteroatoms. The van der Waals surface area contributed by atoms with Gasteiger partial charge in [0.05, 0.1) is 4.90 Å². The highest BCUT2D eigenvalue weighted by Gasteiger charge is 2.32. The van der Waals surface area contributed by atoms with Crippen LogP contribution in [0.3, 0.4) is 0 Å². The first-order valence-electron chi connectivity index (χ1n) is 11.9. The monoisotopic (exact) mass is 489 g/mol. The van der Waals surface area contributed by atoms with Crippen molar-refractivity contribution in [2.45, 2.75) is 63.4 Å². The van der Waals surface area contributed by atoms with Gasteiger partial charge in [0.25, 0.3) is 0 Å². The molecule has 180 valence electrons. The number of nitrogens with one attached hydrogen (secondary N) is 1. The number of rotatable bonds is 7. The average Bonchev–Trinajstić information content (AvgIpc) is 3.30. The van der Waals surface area contributed by atoms with E-state index in [1.165, 1.54) is 14.7 Å². The molecule has 4 rings (SSSR count). The predicted molar refractivity (Wildman–Crippen MR) is 133 cm³/mol. The molecule has 2 aromatic rings. The minimum Gasteiger partial charge on any atom is -0.354 e. The second-order valence-corrected chi connectivity index (χ2v) is 12.5. The minimum atomic E-state index is -3.52. The van der Waals surface area contributed by atoms with Gasteiger partial charge in [-0.05, 0) is 66.8 Å². The number of carbonyl (C=O) groups excluding carboxylic acids is 1. The summed E-state index contributed by atoms with van der Waals surface area (Å²) in [6.45, 7) is 9.71. The minimum absolute atomic E-state index is 0.0495. The largest absolute Gasteiger partial charge is 0.354 e. The molecule has 2 aliphatic rings. The third-order valence-corrected chi connectivity index (χ3v) is 9.98. The van der Waals surface area contributed by atoms with Crippen LogP contribution in [0.5, 0.6) is 0 Å². The van der Waals surface area contributed by atoms with Crippen LogP contribution in [0.25, 0.3) is 0 Å². The Bertz CT molecular complexity index is 1050. The summed E-state index contributed by atoms with van der Waals surface area (Å²) in [6, 6.07) is 9.66. The number of fused-ring (bicyclic) bond motifs is 1. The van der Waals surface area contributed by atoms with Crippen molar-refractivity contribution in [1.29, 1.82) is 0 Å². The van der Waals surface area contributed by atoms with Crippen LogP contribution >= 0.6 is 11.3 Å². The van der Waals surface area contributed by atoms with Gasteiger partial charge in [0, 0.05) is 49.6 Å². The summed E-state index contributed by atoms with van der Waals surface area (Å²) >= 11 is 1.83. The van der Waals surface area contributed by atoms with Crippen molar-refractivity contribution in [2.75, 3.05) is 26.2 Å². The van der Waals surface area contributed by atoms with E-state index in [0.717, 1.165) is 25.1 Å². The number of thiophene rings is 1. The lowest BCUT2D eigenvalue weighted by atomic mass is 9.97. The predicted octanol–water partition coefficient (Wildman–Crippen LogP) is 3.84. The standard InChI is InChI=1S/C25H35N3O3S2/c1-18(2)20-4-6-23(7-5-20)33(30,31)28-13-8-21(9-14-28)25(29)26-16-19(3)27-12-10-24-22(17-27)11-15-32-24/h4-7,11,15,18-19,21H,8-10,12-14,16-17H2,1-3H3,(H,26,29). The van der Waals surface area contributed by atoms with Gasteiger partial charge in [-0.2, -0.15) is 4.31 Å². The van der Waals surface area contributed by atoms with E-state index in [0.29, 0.717) is 43.3 Å². The second kappa shape index (κ2) is 10.3. The van der Waals surface area contributed by atoms with Gasteiger partial charge in [-0.25, -0.2) is 8.42 Å². The number of carbonyl (C=O) groups is 1. The Morgan fingerprint density at radius 3 is 2.45 bits per heavy atom. The Balaban J connectivity index is 1.25. The van der Waals surface area contributed by atoms with E-state index in [4.69, 9.17) is 0 Å². The smallest absolute Gasteiger partial charge is 0.243 e. The summed E-state index contributed by atoms with van der Waals surface area (Å²) in [5.74, 6) is 0.284. The molecule has 1 fully saturated rings. The van der Waals surface area contributed by atoms with Crippen LogP contribution in [-0.4, -0.2) is 55.8 Å². The molecule has 1 aromatic carbocycles. The highest BCUT2D eigenvalue weighted by Crippen LogP contribution is 2.27. The van der Waals surface area contributed by atoms with E-state index in [2.05, 4.69) is 42.4 Å². The molecule has 0 radical (unpaired) electrons. The molecule has 0 aliphatic carbocycles. The number of hydrogen-bond donors (Lipinski definition) is 1. The van der Waals surface area contributed by atoms with E-state index in [1.54, 1.807) is 12.1 Å². The first kappa shape index (κ1) is 24.4. The molecular weight excluding hydrogens is 454 g/mol. The van der Waals surface area contributed by atoms with Crippen LogP contribution in [0.4, 0.5) is 0 Å². The number of nitrogens with zero attached hydrogens (tertiary/aromatic N) is 2. The van der Waals surface area contributed by atoms with Gasteiger partial charge in [0.15, 0.2) is 0 Å². The molecule has 0 spiro atoms. The van der Waals surface area contributed by atoms with Gasteiger partial charge >= 0.3 is 0 Å². The van der Waals surface area contributed by atoms with Crippen molar-refractivity contribution in [3.8, 4) is 0 Å². The quantitative estimate of drug-likeness (QED) is 0.642. The van der Waals surface area contributed by atoms with Crippen molar-refractivity contribution in [1.82, 2.24) is 14.5 Å². The Kier molecular flexibility index (Phi) is 7.58. The summed E-state index contributed by atoms with van der Waals surface area (Å²) < 4.78 is 27.6. The SMILES string of the molecule is CC(C)c1ccc(S(=O)(=O)N2CCC(C(=O)NCC(C)N3CCc4sccc4C3)CC2)cc1. The summed E-state index contributed by atoms with van der Waals surface area (Å²) in [7, 11) is -3.52. The number of sulfonamides is 1. The summed E-state index contributed by atoms with van der Waals surface area (Å²) in [5.41, 5.74) is 2.54. The van der Waals surface area contributed by atoms with Crippen LogP contribution in [-0.2, 0) is 27.8 Å². The van der Waals surface area contributed by atoms with Crippen molar-refractivity contribution in [3.05, 3.63) is 51.7 Å². The Morgan fingerprint density at radius 1 is 1.09 bits per heavy atom. The highest BCUT2D eigenvalue weighted by molar-refractivity contribution is 7.89. The summed E-state index contributed by atoms with van der Waals surface area (Å²) in [4.78, 5) is 17.0. The third-order valence-electron chi connectivity index (χ3n) is 7.04. The van der Waals surface area contributed by atoms with Crippen LogP contribution in [0.15, 0.2) is 40.6 Å². The third kappa shape index (κ3) is 5.50. The van der Waals surface area contributed by atoms with Gasteiger partial charge in [-0.3, -0.25) is 9.69 Å². The molecule has 0 bridgehead atoms. The summed E-state index contributed by atoms with van der Waals surface area (Å²) in [5, 5.41) is 5.28. The lowest BCUT2D eigenvalue weighted by Gasteiger charge is -2.33. The molecular formula is C25H35N3O3S2. The normalized spacial score (nSPS) is 19.4. The van der Waals surface area contributed by atoms with Crippen molar-refractivity contribution < 1.29 is 13.2 Å². The maximum Gasteiger partial charge on any atom is 0.243 e. The van der Waals surface area contributed by atoms with E-state index in [9.17, 15) is 13.2 Å². The molecule has 1 atom stereocenters. The molecule has 0 saturated carbocycles. The zero-order valence-corrected chi connectivity index (χ0v) is 21.4. The molecule has 1 saturated heterocycles. The molecule has 3 heterocycles. The van der Waals surface area contributed by atoms with Crippen LogP contribution in [0.2, 0.25) is 0 Å². The molecule has 1 unspecified atom stereocenters. The number of benzene rings is 1. The molecule has 2 aliphatic heterocycles. The molecule has 1 aromatic heterocycles. The van der Waals surface area contributed by atoms with Gasteiger partial charge < -0.3 is 5.32 Å². The Labute approximate surface area is 202 Å². The lowest BCUT2D eigenvalue weighted by Crippen LogP contribution is -2.47. The van der Waals surface area contributed by atoms with Gasteiger partial charge in [-0.15, -0.1) is 11.3 Å². The number of hydrogen-bond acceptors (Lipinski definition) is 5. The van der Waals surface area contributed by atoms with Crippen LogP contribution in [0.1, 0.15) is 55.5 Å². The second-order valence-electron chi connectivity index (χ2n) is 9.59. The van der Waals surface area contributed by atoms with Gasteiger partial charge in [0.2, 0.25) is 15.9 Å². The van der Waals surface area contributed by atoms with E-state index in [1.807, 2.05) is 23.5 Å². The maximum absolute atomic E-state index is 13.0. The maximum atomic E-state index is 13.0. The fourth-order valence-corrected chi connectivity index (χ4v) is 7.06. The van der Waals surface area contributed by atoms with Gasteiger partial charge in [-0.1, -0.05) is 26.0 Å². The van der Waals surface area contributed by atoms with E-state index < -0.39 is 10.0 Å². The fourth-order valence-electron chi connectivity index (χ4n) is 4.70. The summed E-state index contributed by atoms with van der Waals surface area (Å²) in [6.07, 6.45) is 2.20. The number of amides is 1. The van der Waals surface area contributed by atoms with Crippen molar-refractivity contribution >= 4 is 27.3 Å². The Hall–Kier alpha value is -1.74. The van der Waals surface area contributed by atoms with Crippen molar-refractivity contribution in [3.63, 3.8) is 0 Å². The Morgan fingerprint density at radius 2 is 1.79 bits per heavy atom. The van der Waals surface area contributed by atoms with Crippen LogP contribution < -0.4 is 5.32 Å². The average molecular weight is 490 g/mol. The lowest BCUT2D eigenvalue weighted by molar-refractivity contribution is -0.126. The zero-order chi connectivity index (χ0) is 23.6. The zero-order valence-electron chi connectivity index (χ0n) is 19.8. The van der Waals surface area contributed by atoms with E-state index in [-0.39, 0.29) is 17.9 Å². The molecule has 1 amide bonds. The highest BCUT2D eigenvalue weighted by atomic mass is 32.2. The van der Waals surface area contributed by atoms with Crippen LogP contribution in [0, 0.1) is 5.92 Å². The first-order chi connectivity index (χ1) is 15.8. The fraction of sp³-hybridized carbons (Fsp3) is 0.560. The molecule has 6 nitrogen and oxygen atoms in total. The topological polar surface area (TPSA) is 69.7 Å². The molecule has 1 N–H and O–H groups in total.